The lowest BCUT2D eigenvalue weighted by Gasteiger charge is -2.27. The second kappa shape index (κ2) is 17.2. The van der Waals surface area contributed by atoms with Gasteiger partial charge in [-0.1, -0.05) is 13.8 Å². The summed E-state index contributed by atoms with van der Waals surface area (Å²) < 4.78 is 5.16. The van der Waals surface area contributed by atoms with Crippen LogP contribution in [0.4, 0.5) is 5.69 Å². The standard InChI is InChI=1S/C30H37N5O13/c1-13(2)26(35-27(44)18(7-8-22(37)38)33-29(46)19(11-23(39)40)31-15(4)36)30(47)34-20(12-24(41)42)28(45)32-16-5-6-17-14(3)9-25(43)48-21(17)10-16/h5-6,9-10,13,18-20,26H,7-8,11-12H2,1-4H3,(H,31,36)(H,32,45)(H,33,46)(H,34,47)(H,35,44)(H,37,38)(H,39,40)(H,41,42)/t18?,19?,20-,26?/m0/s1. The molecule has 2 aromatic rings. The van der Waals surface area contributed by atoms with Gasteiger partial charge in [0.1, 0.15) is 29.8 Å². The van der Waals surface area contributed by atoms with Gasteiger partial charge in [0.05, 0.1) is 12.8 Å². The predicted octanol–water partition coefficient (Wildman–Crippen LogP) is -0.531. The monoisotopic (exact) mass is 675 g/mol. The molecule has 0 spiro atoms. The Labute approximate surface area is 272 Å². The Balaban J connectivity index is 2.27. The summed E-state index contributed by atoms with van der Waals surface area (Å²) in [6.07, 6.45) is -2.84. The fourth-order valence-electron chi connectivity index (χ4n) is 4.50. The van der Waals surface area contributed by atoms with Crippen LogP contribution >= 0.6 is 0 Å². The Morgan fingerprint density at radius 1 is 0.729 bits per heavy atom. The van der Waals surface area contributed by atoms with Crippen LogP contribution in [0.25, 0.3) is 11.0 Å². The highest BCUT2D eigenvalue weighted by atomic mass is 16.4. The molecule has 0 bridgehead atoms. The molecule has 8 N–H and O–H groups in total. The number of carbonyl (C=O) groups excluding carboxylic acids is 5. The van der Waals surface area contributed by atoms with Crippen molar-refractivity contribution in [3.8, 4) is 0 Å². The van der Waals surface area contributed by atoms with Gasteiger partial charge in [-0.25, -0.2) is 4.79 Å². The summed E-state index contributed by atoms with van der Waals surface area (Å²) >= 11 is 0. The maximum Gasteiger partial charge on any atom is 0.336 e. The molecule has 260 valence electrons. The van der Waals surface area contributed by atoms with Gasteiger partial charge >= 0.3 is 23.5 Å². The Hall–Kier alpha value is -5.81. The normalized spacial score (nSPS) is 13.4. The number of fused-ring (bicyclic) bond motifs is 1. The predicted molar refractivity (Wildman–Crippen MR) is 165 cm³/mol. The molecule has 3 unspecified atom stereocenters. The van der Waals surface area contributed by atoms with Crippen molar-refractivity contribution in [2.75, 3.05) is 5.32 Å². The van der Waals surface area contributed by atoms with Crippen LogP contribution < -0.4 is 32.2 Å². The zero-order chi connectivity index (χ0) is 36.3. The Morgan fingerprint density at radius 3 is 1.83 bits per heavy atom. The van der Waals surface area contributed by atoms with Gasteiger partial charge in [-0.3, -0.25) is 38.4 Å². The van der Waals surface area contributed by atoms with Gasteiger partial charge in [-0.2, -0.15) is 0 Å². The van der Waals surface area contributed by atoms with E-state index in [0.29, 0.717) is 10.9 Å². The highest BCUT2D eigenvalue weighted by Gasteiger charge is 2.34. The first-order chi connectivity index (χ1) is 22.4. The zero-order valence-corrected chi connectivity index (χ0v) is 26.4. The van der Waals surface area contributed by atoms with E-state index < -0.39 is 109 Å². The van der Waals surface area contributed by atoms with E-state index in [4.69, 9.17) is 14.6 Å². The number of aryl methyl sites for hydroxylation is 1. The highest BCUT2D eigenvalue weighted by molar-refractivity contribution is 6.01. The molecule has 1 aromatic carbocycles. The minimum atomic E-state index is -1.66. The minimum absolute atomic E-state index is 0.122. The Bertz CT molecular complexity index is 1640. The number of carbonyl (C=O) groups is 8. The maximum absolute atomic E-state index is 13.3. The zero-order valence-electron chi connectivity index (χ0n) is 26.4. The van der Waals surface area contributed by atoms with Crippen LogP contribution in [0.5, 0.6) is 0 Å². The number of anilines is 1. The van der Waals surface area contributed by atoms with Crippen molar-refractivity contribution in [3.05, 3.63) is 40.2 Å². The van der Waals surface area contributed by atoms with Crippen molar-refractivity contribution in [1.29, 1.82) is 0 Å². The van der Waals surface area contributed by atoms with Crippen molar-refractivity contribution < 1.29 is 58.1 Å². The third-order valence-corrected chi connectivity index (χ3v) is 6.83. The molecule has 18 nitrogen and oxygen atoms in total. The molecule has 0 saturated heterocycles. The van der Waals surface area contributed by atoms with E-state index in [9.17, 15) is 48.3 Å². The molecule has 2 rings (SSSR count). The van der Waals surface area contributed by atoms with Gasteiger partial charge in [0.25, 0.3) is 0 Å². The third-order valence-electron chi connectivity index (χ3n) is 6.83. The lowest BCUT2D eigenvalue weighted by molar-refractivity contribution is -0.142. The molecule has 0 fully saturated rings. The average Bonchev–Trinajstić information content (AvgIpc) is 2.95. The van der Waals surface area contributed by atoms with Gasteiger partial charge in [0.15, 0.2) is 0 Å². The molecular formula is C30H37N5O13. The number of hydrogen-bond donors (Lipinski definition) is 8. The van der Waals surface area contributed by atoms with Gasteiger partial charge in [0.2, 0.25) is 29.5 Å². The fourth-order valence-corrected chi connectivity index (χ4v) is 4.50. The van der Waals surface area contributed by atoms with E-state index in [0.717, 1.165) is 6.92 Å². The second-order valence-electron chi connectivity index (χ2n) is 11.2. The molecule has 1 heterocycles. The number of carboxylic acids is 3. The molecule has 4 atom stereocenters. The van der Waals surface area contributed by atoms with Crippen LogP contribution in [0.3, 0.4) is 0 Å². The van der Waals surface area contributed by atoms with E-state index in [-0.39, 0.29) is 11.3 Å². The molecule has 1 aromatic heterocycles. The number of aliphatic carboxylic acids is 3. The summed E-state index contributed by atoms with van der Waals surface area (Å²) in [4.78, 5) is 110. The van der Waals surface area contributed by atoms with Crippen LogP contribution in [0.2, 0.25) is 0 Å². The van der Waals surface area contributed by atoms with Gasteiger partial charge in [0, 0.05) is 36.6 Å². The van der Waals surface area contributed by atoms with Crippen LogP contribution in [0.15, 0.2) is 33.5 Å². The SMILES string of the molecule is CC(=O)NC(CC(=O)O)C(=O)NC(CCC(=O)O)C(=O)NC(C(=O)N[C@@H](CC(=O)O)C(=O)Nc1ccc2c(C)cc(=O)oc2c1)C(C)C. The van der Waals surface area contributed by atoms with Gasteiger partial charge < -0.3 is 46.3 Å². The molecule has 5 amide bonds. The van der Waals surface area contributed by atoms with Crippen LogP contribution in [0, 0.1) is 12.8 Å². The van der Waals surface area contributed by atoms with E-state index in [1.54, 1.807) is 13.0 Å². The topological polar surface area (TPSA) is 288 Å². The first kappa shape index (κ1) is 38.4. The quantitative estimate of drug-likeness (QED) is 0.0980. The first-order valence-electron chi connectivity index (χ1n) is 14.6. The van der Waals surface area contributed by atoms with Crippen molar-refractivity contribution >= 4 is 64.1 Å². The van der Waals surface area contributed by atoms with Crippen LogP contribution in [-0.2, 0) is 38.4 Å². The fraction of sp³-hybridized carbons (Fsp3) is 0.433. The van der Waals surface area contributed by atoms with Gasteiger partial charge in [-0.15, -0.1) is 0 Å². The molecule has 0 saturated carbocycles. The van der Waals surface area contributed by atoms with E-state index in [1.165, 1.54) is 32.0 Å². The van der Waals surface area contributed by atoms with Crippen molar-refractivity contribution in [3.63, 3.8) is 0 Å². The minimum Gasteiger partial charge on any atom is -0.481 e. The lowest BCUT2D eigenvalue weighted by atomic mass is 10.0. The van der Waals surface area contributed by atoms with Gasteiger partial charge in [-0.05, 0) is 37.0 Å². The Kier molecular flexibility index (Phi) is 13.8. The van der Waals surface area contributed by atoms with Crippen LogP contribution in [-0.4, -0.2) is 86.9 Å². The summed E-state index contributed by atoms with van der Waals surface area (Å²) in [5, 5.41) is 39.7. The molecule has 0 aliphatic carbocycles. The number of carboxylic acid groups (broad SMARTS) is 3. The number of nitrogens with one attached hydrogen (secondary N) is 5. The summed E-state index contributed by atoms with van der Waals surface area (Å²) in [5.41, 5.74) is 0.264. The number of benzene rings is 1. The van der Waals surface area contributed by atoms with Crippen molar-refractivity contribution in [2.45, 2.75) is 77.5 Å². The van der Waals surface area contributed by atoms with Crippen molar-refractivity contribution in [1.82, 2.24) is 21.3 Å². The molecule has 18 heteroatoms. The molecule has 0 aliphatic heterocycles. The van der Waals surface area contributed by atoms with E-state index in [2.05, 4.69) is 26.6 Å². The highest BCUT2D eigenvalue weighted by Crippen LogP contribution is 2.21. The average molecular weight is 676 g/mol. The summed E-state index contributed by atoms with van der Waals surface area (Å²) in [6.45, 7) is 5.73. The summed E-state index contributed by atoms with van der Waals surface area (Å²) in [5.74, 6) is -9.79. The summed E-state index contributed by atoms with van der Waals surface area (Å²) in [6, 6.07) is -0.645. The molecular weight excluding hydrogens is 638 g/mol. The van der Waals surface area contributed by atoms with Crippen molar-refractivity contribution in [2.24, 2.45) is 5.92 Å². The molecule has 0 radical (unpaired) electrons. The first-order valence-corrected chi connectivity index (χ1v) is 14.6. The lowest BCUT2D eigenvalue weighted by Crippen LogP contribution is -2.59. The Morgan fingerprint density at radius 2 is 1.29 bits per heavy atom. The number of rotatable bonds is 17. The van der Waals surface area contributed by atoms with E-state index >= 15 is 0 Å². The third kappa shape index (κ3) is 11.8. The second-order valence-corrected chi connectivity index (χ2v) is 11.2. The van der Waals surface area contributed by atoms with Crippen LogP contribution in [0.1, 0.15) is 52.0 Å². The largest absolute Gasteiger partial charge is 0.481 e. The molecule has 0 aliphatic rings. The maximum atomic E-state index is 13.3. The number of amides is 5. The smallest absolute Gasteiger partial charge is 0.336 e. The number of hydrogen-bond acceptors (Lipinski definition) is 10. The van der Waals surface area contributed by atoms with E-state index in [1.807, 2.05) is 0 Å². The molecule has 48 heavy (non-hydrogen) atoms. The summed E-state index contributed by atoms with van der Waals surface area (Å²) in [7, 11) is 0.